The van der Waals surface area contributed by atoms with Gasteiger partial charge < -0.3 is 4.74 Å². The van der Waals surface area contributed by atoms with Crippen LogP contribution in [0, 0.1) is 13.8 Å². The molecule has 0 aliphatic carbocycles. The number of hydrogen-bond donors (Lipinski definition) is 1. The molecule has 2 aromatic carbocycles. The molecule has 0 saturated carbocycles. The van der Waals surface area contributed by atoms with E-state index in [9.17, 15) is 4.79 Å². The summed E-state index contributed by atoms with van der Waals surface area (Å²) < 4.78 is 5.54. The van der Waals surface area contributed by atoms with Crippen molar-refractivity contribution >= 4 is 12.1 Å². The van der Waals surface area contributed by atoms with Crippen molar-refractivity contribution < 1.29 is 9.53 Å². The minimum absolute atomic E-state index is 0.0616. The van der Waals surface area contributed by atoms with Gasteiger partial charge in [0.1, 0.15) is 5.75 Å². The van der Waals surface area contributed by atoms with Crippen LogP contribution in [0.5, 0.6) is 5.75 Å². The van der Waals surface area contributed by atoms with E-state index in [1.807, 2.05) is 44.2 Å². The smallest absolute Gasteiger partial charge is 0.277 e. The van der Waals surface area contributed by atoms with E-state index in [0.717, 1.165) is 22.4 Å². The lowest BCUT2D eigenvalue weighted by molar-refractivity contribution is -0.123. The number of carbonyl (C=O) groups is 1. The number of nitrogens with zero attached hydrogens (tertiary/aromatic N) is 1. The van der Waals surface area contributed by atoms with Gasteiger partial charge in [0, 0.05) is 0 Å². The lowest BCUT2D eigenvalue weighted by Gasteiger charge is -2.09. The molecule has 0 atom stereocenters. The standard InChI is InChI=1S/C20H24N2O2/c1-14(2)18-10-8-17(9-11-18)12-21-22-20(23)13-24-19-7-5-6-15(3)16(19)4/h5-12,14H,13H2,1-4H3,(H,22,23)/b21-12+. The molecule has 1 amide bonds. The van der Waals surface area contributed by atoms with E-state index in [-0.39, 0.29) is 12.5 Å². The largest absolute Gasteiger partial charge is 0.483 e. The average Bonchev–Trinajstić information content (AvgIpc) is 2.56. The molecule has 0 unspecified atom stereocenters. The quantitative estimate of drug-likeness (QED) is 0.646. The molecular weight excluding hydrogens is 300 g/mol. The molecule has 4 heteroatoms. The number of rotatable bonds is 6. The summed E-state index contributed by atoms with van der Waals surface area (Å²) in [7, 11) is 0. The van der Waals surface area contributed by atoms with Gasteiger partial charge in [-0.05, 0) is 48.1 Å². The zero-order valence-corrected chi connectivity index (χ0v) is 14.7. The normalized spacial score (nSPS) is 11.0. The zero-order valence-electron chi connectivity index (χ0n) is 14.7. The number of aryl methyl sites for hydroxylation is 1. The summed E-state index contributed by atoms with van der Waals surface area (Å²) in [5.74, 6) is 0.933. The van der Waals surface area contributed by atoms with Gasteiger partial charge in [-0.2, -0.15) is 5.10 Å². The Balaban J connectivity index is 1.83. The SMILES string of the molecule is Cc1cccc(OCC(=O)N/N=C/c2ccc(C(C)C)cc2)c1C. The van der Waals surface area contributed by atoms with Crippen molar-refractivity contribution in [1.29, 1.82) is 0 Å². The second-order valence-electron chi connectivity index (χ2n) is 6.10. The minimum atomic E-state index is -0.286. The van der Waals surface area contributed by atoms with Gasteiger partial charge in [-0.15, -0.1) is 0 Å². The summed E-state index contributed by atoms with van der Waals surface area (Å²) in [6.07, 6.45) is 1.62. The molecule has 0 bridgehead atoms. The highest BCUT2D eigenvalue weighted by Crippen LogP contribution is 2.20. The maximum Gasteiger partial charge on any atom is 0.277 e. The highest BCUT2D eigenvalue weighted by Gasteiger charge is 2.05. The third-order valence-electron chi connectivity index (χ3n) is 3.92. The Morgan fingerprint density at radius 1 is 1.17 bits per heavy atom. The Morgan fingerprint density at radius 2 is 1.88 bits per heavy atom. The molecule has 0 aromatic heterocycles. The summed E-state index contributed by atoms with van der Waals surface area (Å²) in [4.78, 5) is 11.8. The fourth-order valence-electron chi connectivity index (χ4n) is 2.20. The van der Waals surface area contributed by atoms with Crippen LogP contribution in [-0.2, 0) is 4.79 Å². The average molecular weight is 324 g/mol. The van der Waals surface area contributed by atoms with Crippen LogP contribution in [0.1, 0.15) is 42.0 Å². The highest BCUT2D eigenvalue weighted by atomic mass is 16.5. The van der Waals surface area contributed by atoms with E-state index in [4.69, 9.17) is 4.74 Å². The number of hydrazone groups is 1. The minimum Gasteiger partial charge on any atom is -0.483 e. The first-order valence-electron chi connectivity index (χ1n) is 8.08. The number of amides is 1. The topological polar surface area (TPSA) is 50.7 Å². The third-order valence-corrected chi connectivity index (χ3v) is 3.92. The molecule has 0 radical (unpaired) electrons. The van der Waals surface area contributed by atoms with Crippen LogP contribution < -0.4 is 10.2 Å². The van der Waals surface area contributed by atoms with Crippen LogP contribution in [0.2, 0.25) is 0 Å². The first kappa shape index (κ1) is 17.7. The molecule has 1 N–H and O–H groups in total. The molecule has 0 heterocycles. The lowest BCUT2D eigenvalue weighted by Crippen LogP contribution is -2.24. The summed E-state index contributed by atoms with van der Waals surface area (Å²) >= 11 is 0. The molecule has 126 valence electrons. The molecule has 0 aliphatic rings. The summed E-state index contributed by atoms with van der Waals surface area (Å²) in [5, 5.41) is 3.96. The first-order valence-corrected chi connectivity index (χ1v) is 8.08. The lowest BCUT2D eigenvalue weighted by atomic mass is 10.0. The van der Waals surface area contributed by atoms with Crippen molar-refractivity contribution in [3.05, 3.63) is 64.7 Å². The van der Waals surface area contributed by atoms with E-state index < -0.39 is 0 Å². The van der Waals surface area contributed by atoms with Gasteiger partial charge in [0.25, 0.3) is 5.91 Å². The number of benzene rings is 2. The molecule has 0 aliphatic heterocycles. The van der Waals surface area contributed by atoms with Gasteiger partial charge in [-0.3, -0.25) is 4.79 Å². The van der Waals surface area contributed by atoms with E-state index in [1.165, 1.54) is 5.56 Å². The first-order chi connectivity index (χ1) is 11.5. The van der Waals surface area contributed by atoms with Gasteiger partial charge in [-0.25, -0.2) is 5.43 Å². The molecule has 0 fully saturated rings. The molecular formula is C20H24N2O2. The Hall–Kier alpha value is -2.62. The fourth-order valence-corrected chi connectivity index (χ4v) is 2.20. The van der Waals surface area contributed by atoms with Crippen LogP contribution in [-0.4, -0.2) is 18.7 Å². The van der Waals surface area contributed by atoms with Gasteiger partial charge in [-0.1, -0.05) is 50.2 Å². The van der Waals surface area contributed by atoms with Crippen LogP contribution in [0.15, 0.2) is 47.6 Å². The second-order valence-corrected chi connectivity index (χ2v) is 6.10. The Labute approximate surface area is 143 Å². The van der Waals surface area contributed by atoms with Crippen LogP contribution in [0.3, 0.4) is 0 Å². The maximum atomic E-state index is 11.8. The van der Waals surface area contributed by atoms with Crippen molar-refractivity contribution in [3.8, 4) is 5.75 Å². The van der Waals surface area contributed by atoms with Gasteiger partial charge in [0.2, 0.25) is 0 Å². The molecule has 2 aromatic rings. The number of carbonyl (C=O) groups excluding carboxylic acids is 1. The Morgan fingerprint density at radius 3 is 2.54 bits per heavy atom. The Bertz CT molecular complexity index is 719. The van der Waals surface area contributed by atoms with Crippen LogP contribution in [0.4, 0.5) is 0 Å². The molecule has 4 nitrogen and oxygen atoms in total. The summed E-state index contributed by atoms with van der Waals surface area (Å²) in [5.41, 5.74) is 6.87. The van der Waals surface area contributed by atoms with Crippen molar-refractivity contribution in [3.63, 3.8) is 0 Å². The number of ether oxygens (including phenoxy) is 1. The predicted molar refractivity (Wildman–Crippen MR) is 97.7 cm³/mol. The molecule has 0 spiro atoms. The fraction of sp³-hybridized carbons (Fsp3) is 0.300. The number of nitrogens with one attached hydrogen (secondary N) is 1. The van der Waals surface area contributed by atoms with Crippen molar-refractivity contribution in [2.24, 2.45) is 5.10 Å². The van der Waals surface area contributed by atoms with E-state index in [1.54, 1.807) is 6.21 Å². The molecule has 0 saturated heterocycles. The van der Waals surface area contributed by atoms with Crippen molar-refractivity contribution in [2.45, 2.75) is 33.6 Å². The monoisotopic (exact) mass is 324 g/mol. The van der Waals surface area contributed by atoms with E-state index in [0.29, 0.717) is 5.92 Å². The van der Waals surface area contributed by atoms with Crippen LogP contribution in [0.25, 0.3) is 0 Å². The number of hydrogen-bond acceptors (Lipinski definition) is 3. The van der Waals surface area contributed by atoms with Gasteiger partial charge in [0.15, 0.2) is 6.61 Å². The second kappa shape index (κ2) is 8.29. The zero-order chi connectivity index (χ0) is 17.5. The van der Waals surface area contributed by atoms with E-state index in [2.05, 4.69) is 36.5 Å². The van der Waals surface area contributed by atoms with Gasteiger partial charge >= 0.3 is 0 Å². The molecule has 24 heavy (non-hydrogen) atoms. The van der Waals surface area contributed by atoms with Crippen molar-refractivity contribution in [2.75, 3.05) is 6.61 Å². The molecule has 2 rings (SSSR count). The van der Waals surface area contributed by atoms with Gasteiger partial charge in [0.05, 0.1) is 6.21 Å². The maximum absolute atomic E-state index is 11.8. The van der Waals surface area contributed by atoms with E-state index >= 15 is 0 Å². The van der Waals surface area contributed by atoms with Crippen molar-refractivity contribution in [1.82, 2.24) is 5.43 Å². The summed E-state index contributed by atoms with van der Waals surface area (Å²) in [6, 6.07) is 13.9. The Kier molecular flexibility index (Phi) is 6.13. The van der Waals surface area contributed by atoms with Crippen LogP contribution >= 0.6 is 0 Å². The highest BCUT2D eigenvalue weighted by molar-refractivity contribution is 5.83. The predicted octanol–water partition coefficient (Wildman–Crippen LogP) is 3.96. The third kappa shape index (κ3) is 4.95. The summed E-state index contributed by atoms with van der Waals surface area (Å²) in [6.45, 7) is 8.23.